The van der Waals surface area contributed by atoms with E-state index in [1.807, 2.05) is 54.6 Å². The summed E-state index contributed by atoms with van der Waals surface area (Å²) < 4.78 is 11.1. The summed E-state index contributed by atoms with van der Waals surface area (Å²) >= 11 is 0. The van der Waals surface area contributed by atoms with Gasteiger partial charge in [0.15, 0.2) is 6.79 Å². The first-order chi connectivity index (χ1) is 10.4. The van der Waals surface area contributed by atoms with Crippen molar-refractivity contribution in [2.24, 2.45) is 0 Å². The minimum absolute atomic E-state index is 0.0657. The average molecular weight is 282 g/mol. The fraction of sp³-hybridized carbons (Fsp3) is 0.222. The largest absolute Gasteiger partial charge is 0.466 e. The van der Waals surface area contributed by atoms with Gasteiger partial charge >= 0.3 is 0 Å². The number of hydrogen-bond donors (Lipinski definition) is 1. The zero-order chi connectivity index (χ0) is 14.8. The van der Waals surface area contributed by atoms with E-state index in [1.54, 1.807) is 0 Å². The molecule has 0 saturated carbocycles. The van der Waals surface area contributed by atoms with Gasteiger partial charge in [0.25, 0.3) is 0 Å². The number of rotatable bonds is 6. The molecule has 2 rings (SSSR count). The van der Waals surface area contributed by atoms with Gasteiger partial charge in [0.05, 0.1) is 18.8 Å². The Labute approximate surface area is 125 Å². The van der Waals surface area contributed by atoms with Gasteiger partial charge in [-0.25, -0.2) is 0 Å². The molecule has 0 fully saturated rings. The molecule has 0 aliphatic carbocycles. The molecule has 0 atom stereocenters. The third-order valence-electron chi connectivity index (χ3n) is 2.76. The van der Waals surface area contributed by atoms with E-state index >= 15 is 0 Å². The van der Waals surface area contributed by atoms with Gasteiger partial charge in [-0.3, -0.25) is 0 Å². The summed E-state index contributed by atoms with van der Waals surface area (Å²) in [5.74, 6) is 6.56. The van der Waals surface area contributed by atoms with Crippen molar-refractivity contribution in [3.63, 3.8) is 0 Å². The smallest absolute Gasteiger partial charge is 0.189 e. The van der Waals surface area contributed by atoms with Crippen LogP contribution in [0.2, 0.25) is 0 Å². The van der Waals surface area contributed by atoms with Crippen LogP contribution in [-0.4, -0.2) is 18.5 Å². The van der Waals surface area contributed by atoms with Crippen molar-refractivity contribution in [3.8, 4) is 17.6 Å². The quantitative estimate of drug-likeness (QED) is 0.503. The lowest BCUT2D eigenvalue weighted by Gasteiger charge is -2.09. The van der Waals surface area contributed by atoms with Crippen molar-refractivity contribution in [1.82, 2.24) is 0 Å². The average Bonchev–Trinajstić information content (AvgIpc) is 2.54. The Morgan fingerprint density at radius 3 is 2.52 bits per heavy atom. The van der Waals surface area contributed by atoms with Crippen molar-refractivity contribution in [3.05, 3.63) is 65.7 Å². The number of benzene rings is 2. The van der Waals surface area contributed by atoms with Crippen LogP contribution in [0.4, 0.5) is 0 Å². The summed E-state index contributed by atoms with van der Waals surface area (Å²) in [6, 6.07) is 17.5. The molecule has 0 spiro atoms. The van der Waals surface area contributed by atoms with Crippen LogP contribution in [0.3, 0.4) is 0 Å². The molecule has 21 heavy (non-hydrogen) atoms. The third-order valence-corrected chi connectivity index (χ3v) is 2.76. The van der Waals surface area contributed by atoms with Crippen LogP contribution in [-0.2, 0) is 11.3 Å². The highest BCUT2D eigenvalue weighted by molar-refractivity contribution is 5.45. The molecule has 0 bridgehead atoms. The maximum Gasteiger partial charge on any atom is 0.189 e. The minimum Gasteiger partial charge on any atom is -0.466 e. The van der Waals surface area contributed by atoms with Crippen LogP contribution in [0.15, 0.2) is 54.6 Å². The van der Waals surface area contributed by atoms with Gasteiger partial charge in [0.2, 0.25) is 0 Å². The highest BCUT2D eigenvalue weighted by Gasteiger charge is 2.00. The van der Waals surface area contributed by atoms with E-state index in [1.165, 1.54) is 0 Å². The summed E-state index contributed by atoms with van der Waals surface area (Å²) in [6.07, 6.45) is 0.457. The Morgan fingerprint density at radius 1 is 0.952 bits per heavy atom. The van der Waals surface area contributed by atoms with E-state index < -0.39 is 0 Å². The summed E-state index contributed by atoms with van der Waals surface area (Å²) in [4.78, 5) is 0. The molecule has 0 aliphatic rings. The van der Waals surface area contributed by atoms with Crippen LogP contribution >= 0.6 is 0 Å². The fourth-order valence-electron chi connectivity index (χ4n) is 1.75. The zero-order valence-electron chi connectivity index (χ0n) is 11.8. The van der Waals surface area contributed by atoms with Crippen LogP contribution in [0.25, 0.3) is 0 Å². The lowest BCUT2D eigenvalue weighted by atomic mass is 10.2. The molecule has 108 valence electrons. The third kappa shape index (κ3) is 5.31. The Bertz CT molecular complexity index is 597. The lowest BCUT2D eigenvalue weighted by Crippen LogP contribution is -2.04. The highest BCUT2D eigenvalue weighted by atomic mass is 16.7. The first kappa shape index (κ1) is 15.1. The summed E-state index contributed by atoms with van der Waals surface area (Å²) in [7, 11) is 0. The molecule has 1 N–H and O–H groups in total. The summed E-state index contributed by atoms with van der Waals surface area (Å²) in [5.41, 5.74) is 1.91. The predicted octanol–water partition coefficient (Wildman–Crippen LogP) is 2.97. The van der Waals surface area contributed by atoms with Gasteiger partial charge in [-0.2, -0.15) is 0 Å². The second-order valence-electron chi connectivity index (χ2n) is 4.37. The van der Waals surface area contributed by atoms with Crippen molar-refractivity contribution in [2.45, 2.75) is 13.0 Å². The zero-order valence-corrected chi connectivity index (χ0v) is 11.8. The SMILES string of the molecule is OCCC#Cc1ccccc1OCOCc1ccccc1. The van der Waals surface area contributed by atoms with Gasteiger partial charge in [0, 0.05) is 6.42 Å². The number of aliphatic hydroxyl groups excluding tert-OH is 1. The molecule has 0 saturated heterocycles. The monoisotopic (exact) mass is 282 g/mol. The molecular weight excluding hydrogens is 264 g/mol. The van der Waals surface area contributed by atoms with Gasteiger partial charge in [-0.15, -0.1) is 0 Å². The summed E-state index contributed by atoms with van der Waals surface area (Å²) in [5, 5.41) is 8.74. The first-order valence-electron chi connectivity index (χ1n) is 6.83. The van der Waals surface area contributed by atoms with Gasteiger partial charge in [-0.1, -0.05) is 54.3 Å². The van der Waals surface area contributed by atoms with Crippen molar-refractivity contribution < 1.29 is 14.6 Å². The molecule has 0 radical (unpaired) electrons. The van der Waals surface area contributed by atoms with E-state index in [-0.39, 0.29) is 13.4 Å². The highest BCUT2D eigenvalue weighted by Crippen LogP contribution is 2.16. The van der Waals surface area contributed by atoms with Crippen LogP contribution < -0.4 is 4.74 Å². The predicted molar refractivity (Wildman–Crippen MR) is 81.7 cm³/mol. The van der Waals surface area contributed by atoms with Gasteiger partial charge in [-0.05, 0) is 17.7 Å². The molecule has 2 aromatic rings. The van der Waals surface area contributed by atoms with Crippen LogP contribution in [0.1, 0.15) is 17.5 Å². The first-order valence-corrected chi connectivity index (χ1v) is 6.83. The van der Waals surface area contributed by atoms with Crippen molar-refractivity contribution >= 4 is 0 Å². The molecule has 0 aliphatic heterocycles. The summed E-state index contributed by atoms with van der Waals surface area (Å²) in [6.45, 7) is 0.753. The van der Waals surface area contributed by atoms with Crippen LogP contribution in [0.5, 0.6) is 5.75 Å². The second-order valence-corrected chi connectivity index (χ2v) is 4.37. The molecule has 0 amide bonds. The Balaban J connectivity index is 1.84. The number of aliphatic hydroxyl groups is 1. The van der Waals surface area contributed by atoms with E-state index in [0.29, 0.717) is 18.8 Å². The molecule has 0 unspecified atom stereocenters. The fourth-order valence-corrected chi connectivity index (χ4v) is 1.75. The van der Waals surface area contributed by atoms with E-state index in [2.05, 4.69) is 11.8 Å². The number of para-hydroxylation sites is 1. The van der Waals surface area contributed by atoms with Gasteiger partial charge in [0.1, 0.15) is 5.75 Å². The van der Waals surface area contributed by atoms with E-state index in [0.717, 1.165) is 11.1 Å². The van der Waals surface area contributed by atoms with E-state index in [4.69, 9.17) is 14.6 Å². The molecular formula is C18H18O3. The molecule has 3 nitrogen and oxygen atoms in total. The van der Waals surface area contributed by atoms with Crippen LogP contribution in [0, 0.1) is 11.8 Å². The Morgan fingerprint density at radius 2 is 1.71 bits per heavy atom. The second kappa shape index (κ2) is 8.80. The van der Waals surface area contributed by atoms with Gasteiger partial charge < -0.3 is 14.6 Å². The molecule has 0 heterocycles. The normalized spacial score (nSPS) is 9.76. The lowest BCUT2D eigenvalue weighted by molar-refractivity contribution is 0.00490. The minimum atomic E-state index is 0.0657. The Kier molecular flexibility index (Phi) is 6.34. The maximum atomic E-state index is 8.74. The molecule has 3 heteroatoms. The Hall–Kier alpha value is -2.28. The standard InChI is InChI=1S/C18H18O3/c19-13-7-6-11-17-10-4-5-12-18(17)21-15-20-14-16-8-2-1-3-9-16/h1-5,8-10,12,19H,7,13-15H2. The molecule has 0 aromatic heterocycles. The van der Waals surface area contributed by atoms with Crippen molar-refractivity contribution in [1.29, 1.82) is 0 Å². The maximum absolute atomic E-state index is 8.74. The topological polar surface area (TPSA) is 38.7 Å². The molecule has 2 aromatic carbocycles. The number of ether oxygens (including phenoxy) is 2. The van der Waals surface area contributed by atoms with Crippen molar-refractivity contribution in [2.75, 3.05) is 13.4 Å². The van der Waals surface area contributed by atoms with E-state index in [9.17, 15) is 0 Å². The number of hydrogen-bond acceptors (Lipinski definition) is 3.